The molecule has 2 saturated carbocycles. The van der Waals surface area contributed by atoms with Crippen LogP contribution >= 0.6 is 0 Å². The molecule has 0 aromatic carbocycles. The summed E-state index contributed by atoms with van der Waals surface area (Å²) in [6.07, 6.45) is 9.18. The molecule has 5 rings (SSSR count). The van der Waals surface area contributed by atoms with E-state index in [1.807, 2.05) is 13.0 Å². The Balaban J connectivity index is 1.46. The highest BCUT2D eigenvalue weighted by molar-refractivity contribution is 5.99. The third kappa shape index (κ3) is 3.72. The van der Waals surface area contributed by atoms with Crippen molar-refractivity contribution in [2.75, 3.05) is 0 Å². The average Bonchev–Trinajstić information content (AvgIpc) is 3.26. The summed E-state index contributed by atoms with van der Waals surface area (Å²) in [5.74, 6) is 1.01. The molecule has 5 nitrogen and oxygen atoms in total. The van der Waals surface area contributed by atoms with Crippen LogP contribution in [-0.4, -0.2) is 29.9 Å². The number of ketones is 1. The zero-order valence-electron chi connectivity index (χ0n) is 24.2. The lowest BCUT2D eigenvalue weighted by molar-refractivity contribution is -0.168. The SMILES string of the molecule is CC(=O)O[C@@H]1CC[C@]2(C)C3=C(C(=O)C[C@H]2C1(C)C)[C@]1(C)CC[C@H]([C@H](C)C[C@@H]2C=C(C)C(=O)O2)[C@@]1(C)CC3. The van der Waals surface area contributed by atoms with Crippen molar-refractivity contribution in [1.82, 2.24) is 0 Å². The Morgan fingerprint density at radius 3 is 2.43 bits per heavy atom. The van der Waals surface area contributed by atoms with E-state index in [4.69, 9.17) is 9.47 Å². The van der Waals surface area contributed by atoms with E-state index in [9.17, 15) is 14.4 Å². The van der Waals surface area contributed by atoms with Crippen molar-refractivity contribution in [3.05, 3.63) is 22.8 Å². The molecule has 0 unspecified atom stereocenters. The topological polar surface area (TPSA) is 69.7 Å². The van der Waals surface area contributed by atoms with Gasteiger partial charge in [-0.15, -0.1) is 0 Å². The number of carbonyl (C=O) groups is 3. The summed E-state index contributed by atoms with van der Waals surface area (Å²) >= 11 is 0. The zero-order valence-corrected chi connectivity index (χ0v) is 24.2. The number of hydrogen-bond acceptors (Lipinski definition) is 5. The van der Waals surface area contributed by atoms with Gasteiger partial charge in [-0.2, -0.15) is 0 Å². The number of fused-ring (bicyclic) bond motifs is 4. The van der Waals surface area contributed by atoms with Crippen LogP contribution < -0.4 is 0 Å². The molecule has 0 spiro atoms. The molecule has 0 bridgehead atoms. The van der Waals surface area contributed by atoms with Crippen LogP contribution in [0.25, 0.3) is 0 Å². The summed E-state index contributed by atoms with van der Waals surface area (Å²) in [7, 11) is 0. The van der Waals surface area contributed by atoms with Crippen LogP contribution in [0.4, 0.5) is 0 Å². The highest BCUT2D eigenvalue weighted by Gasteiger charge is 2.65. The van der Waals surface area contributed by atoms with Crippen molar-refractivity contribution in [2.45, 2.75) is 119 Å². The van der Waals surface area contributed by atoms with Crippen LogP contribution in [0.5, 0.6) is 0 Å². The Labute approximate surface area is 222 Å². The molecular weight excluding hydrogens is 464 g/mol. The predicted octanol–water partition coefficient (Wildman–Crippen LogP) is 6.74. The van der Waals surface area contributed by atoms with E-state index >= 15 is 0 Å². The predicted molar refractivity (Wildman–Crippen MR) is 142 cm³/mol. The Morgan fingerprint density at radius 1 is 1.11 bits per heavy atom. The van der Waals surface area contributed by atoms with Gasteiger partial charge in [0.15, 0.2) is 5.78 Å². The maximum atomic E-state index is 14.1. The second-order valence-corrected chi connectivity index (χ2v) is 14.3. The smallest absolute Gasteiger partial charge is 0.334 e. The number of allylic oxidation sites excluding steroid dienone is 2. The number of carbonyl (C=O) groups excluding carboxylic acids is 3. The van der Waals surface area contributed by atoms with Crippen LogP contribution in [0.15, 0.2) is 22.8 Å². The minimum Gasteiger partial charge on any atom is -0.462 e. The maximum absolute atomic E-state index is 14.1. The van der Waals surface area contributed by atoms with Crippen molar-refractivity contribution in [1.29, 1.82) is 0 Å². The number of cyclic esters (lactones) is 1. The van der Waals surface area contributed by atoms with Gasteiger partial charge in [-0.05, 0) is 86.5 Å². The summed E-state index contributed by atoms with van der Waals surface area (Å²) in [4.78, 5) is 37.9. The number of esters is 2. The molecule has 1 heterocycles. The highest BCUT2D eigenvalue weighted by Crippen LogP contribution is 2.72. The fourth-order valence-electron chi connectivity index (χ4n) is 9.96. The van der Waals surface area contributed by atoms with Gasteiger partial charge in [0.2, 0.25) is 0 Å². The molecule has 8 atom stereocenters. The largest absolute Gasteiger partial charge is 0.462 e. The van der Waals surface area contributed by atoms with Gasteiger partial charge in [-0.25, -0.2) is 4.79 Å². The normalized spacial score (nSPS) is 43.4. The standard InChI is InChI=1S/C32H46O5/c1-18(15-21-16-19(2)28(35)37-21)22-9-14-32(8)27-23(10-13-31(22,32)7)30(6)12-11-26(36-20(3)33)29(4,5)25(30)17-24(27)34/h16,18,21-22,25-26H,9-15,17H2,1-8H3/t18-,21-,22-,25+,26-,30-,31-,32+/m1/s1. The van der Waals surface area contributed by atoms with E-state index in [1.165, 1.54) is 12.5 Å². The first kappa shape index (κ1) is 26.7. The van der Waals surface area contributed by atoms with Crippen LogP contribution in [0.2, 0.25) is 0 Å². The second kappa shape index (κ2) is 8.55. The number of hydrogen-bond donors (Lipinski definition) is 0. The fraction of sp³-hybridized carbons (Fsp3) is 0.781. The molecule has 2 fully saturated rings. The van der Waals surface area contributed by atoms with E-state index in [0.29, 0.717) is 29.6 Å². The summed E-state index contributed by atoms with van der Waals surface area (Å²) in [6, 6.07) is 0. The molecule has 0 radical (unpaired) electrons. The van der Waals surface area contributed by atoms with Crippen LogP contribution in [0, 0.1) is 39.4 Å². The lowest BCUT2D eigenvalue weighted by Gasteiger charge is -2.61. The Kier molecular flexibility index (Phi) is 6.16. The van der Waals surface area contributed by atoms with Gasteiger partial charge in [0.05, 0.1) is 0 Å². The maximum Gasteiger partial charge on any atom is 0.334 e. The zero-order chi connectivity index (χ0) is 27.1. The quantitative estimate of drug-likeness (QED) is 0.392. The second-order valence-electron chi connectivity index (χ2n) is 14.3. The highest BCUT2D eigenvalue weighted by atomic mass is 16.5. The van der Waals surface area contributed by atoms with Crippen molar-refractivity contribution in [2.24, 2.45) is 39.4 Å². The first-order valence-electron chi connectivity index (χ1n) is 14.5. The summed E-state index contributed by atoms with van der Waals surface area (Å²) in [6.45, 7) is 17.3. The van der Waals surface area contributed by atoms with E-state index in [-0.39, 0.29) is 51.7 Å². The van der Waals surface area contributed by atoms with Gasteiger partial charge in [0.1, 0.15) is 12.2 Å². The van der Waals surface area contributed by atoms with Gasteiger partial charge in [-0.1, -0.05) is 47.1 Å². The van der Waals surface area contributed by atoms with Gasteiger partial charge in [0.25, 0.3) is 0 Å². The van der Waals surface area contributed by atoms with E-state index in [0.717, 1.165) is 50.5 Å². The summed E-state index contributed by atoms with van der Waals surface area (Å²) < 4.78 is 11.4. The Morgan fingerprint density at radius 2 is 1.81 bits per heavy atom. The van der Waals surface area contributed by atoms with Gasteiger partial charge in [0, 0.05) is 35.3 Å². The van der Waals surface area contributed by atoms with Gasteiger partial charge < -0.3 is 9.47 Å². The molecule has 4 aliphatic carbocycles. The van der Waals surface area contributed by atoms with E-state index < -0.39 is 0 Å². The monoisotopic (exact) mass is 510 g/mol. The molecule has 0 N–H and O–H groups in total. The molecule has 5 heteroatoms. The minimum absolute atomic E-state index is 0.0300. The van der Waals surface area contributed by atoms with Crippen LogP contribution in [0.1, 0.15) is 107 Å². The first-order chi connectivity index (χ1) is 17.1. The number of ether oxygens (including phenoxy) is 2. The molecule has 0 amide bonds. The molecule has 0 aromatic heterocycles. The molecule has 5 aliphatic rings. The number of Topliss-reactive ketones (excluding diaryl/α,β-unsaturated/α-hetero) is 1. The van der Waals surface area contributed by atoms with Crippen LogP contribution in [0.3, 0.4) is 0 Å². The van der Waals surface area contributed by atoms with Crippen molar-refractivity contribution < 1.29 is 23.9 Å². The van der Waals surface area contributed by atoms with Crippen molar-refractivity contribution in [3.8, 4) is 0 Å². The van der Waals surface area contributed by atoms with E-state index in [2.05, 4.69) is 41.5 Å². The molecule has 37 heavy (non-hydrogen) atoms. The lowest BCUT2D eigenvalue weighted by atomic mass is 9.43. The van der Waals surface area contributed by atoms with E-state index in [1.54, 1.807) is 0 Å². The molecule has 0 saturated heterocycles. The minimum atomic E-state index is -0.244. The Hall–Kier alpha value is -1.91. The van der Waals surface area contributed by atoms with Crippen molar-refractivity contribution in [3.63, 3.8) is 0 Å². The lowest BCUT2D eigenvalue weighted by Crippen LogP contribution is -2.57. The first-order valence-corrected chi connectivity index (χ1v) is 14.5. The third-order valence-corrected chi connectivity index (χ3v) is 12.2. The van der Waals surface area contributed by atoms with Gasteiger partial charge >= 0.3 is 11.9 Å². The van der Waals surface area contributed by atoms with Crippen molar-refractivity contribution >= 4 is 17.7 Å². The van der Waals surface area contributed by atoms with Crippen LogP contribution in [-0.2, 0) is 23.9 Å². The summed E-state index contributed by atoms with van der Waals surface area (Å²) in [5, 5.41) is 0. The molecule has 0 aromatic rings. The average molecular weight is 511 g/mol. The van der Waals surface area contributed by atoms with Gasteiger partial charge in [-0.3, -0.25) is 9.59 Å². The fourth-order valence-corrected chi connectivity index (χ4v) is 9.96. The molecule has 204 valence electrons. The third-order valence-electron chi connectivity index (χ3n) is 12.2. The molecular formula is C32H46O5. The Bertz CT molecular complexity index is 1100. The summed E-state index contributed by atoms with van der Waals surface area (Å²) in [5.41, 5.74) is 2.94. The number of rotatable bonds is 4. The molecule has 1 aliphatic heterocycles.